The van der Waals surface area contributed by atoms with Gasteiger partial charge in [-0.05, 0) is 13.3 Å². The van der Waals surface area contributed by atoms with Crippen molar-refractivity contribution in [2.75, 3.05) is 26.4 Å². The number of carbonyl (C=O) groups is 2. The Bertz CT molecular complexity index is 434. The van der Waals surface area contributed by atoms with Crippen molar-refractivity contribution in [3.63, 3.8) is 0 Å². The van der Waals surface area contributed by atoms with Crippen LogP contribution in [0.3, 0.4) is 0 Å². The largest absolute Gasteiger partial charge is 0.461 e. The topological polar surface area (TPSA) is 77.5 Å². The Morgan fingerprint density at radius 1 is 1.35 bits per heavy atom. The summed E-state index contributed by atoms with van der Waals surface area (Å²) >= 11 is 1.10. The molecule has 112 valence electrons. The number of thiazole rings is 1. The van der Waals surface area contributed by atoms with Crippen LogP contribution >= 0.6 is 11.3 Å². The highest BCUT2D eigenvalue weighted by Crippen LogP contribution is 2.10. The number of aromatic nitrogens is 1. The van der Waals surface area contributed by atoms with E-state index >= 15 is 0 Å². The van der Waals surface area contributed by atoms with Gasteiger partial charge in [0.2, 0.25) is 5.01 Å². The molecule has 0 atom stereocenters. The lowest BCUT2D eigenvalue weighted by Gasteiger charge is -2.04. The number of nitrogens with zero attached hydrogens (tertiary/aromatic N) is 1. The van der Waals surface area contributed by atoms with Gasteiger partial charge in [-0.25, -0.2) is 9.78 Å². The van der Waals surface area contributed by atoms with E-state index in [0.717, 1.165) is 24.2 Å². The Hall–Kier alpha value is -1.47. The van der Waals surface area contributed by atoms with Crippen molar-refractivity contribution < 1.29 is 19.1 Å². The normalized spacial score (nSPS) is 10.3. The third kappa shape index (κ3) is 5.66. The maximum atomic E-state index is 11.8. The molecule has 0 aliphatic heterocycles. The van der Waals surface area contributed by atoms with Gasteiger partial charge < -0.3 is 14.8 Å². The summed E-state index contributed by atoms with van der Waals surface area (Å²) in [6.45, 7) is 5.70. The van der Waals surface area contributed by atoms with Crippen LogP contribution in [0.4, 0.5) is 0 Å². The lowest BCUT2D eigenvalue weighted by molar-refractivity contribution is 0.0526. The van der Waals surface area contributed by atoms with Gasteiger partial charge in [0.15, 0.2) is 0 Å². The van der Waals surface area contributed by atoms with Crippen molar-refractivity contribution in [3.8, 4) is 0 Å². The average molecular weight is 300 g/mol. The quantitative estimate of drug-likeness (QED) is 0.556. The number of amides is 1. The second kappa shape index (κ2) is 9.44. The lowest BCUT2D eigenvalue weighted by Crippen LogP contribution is -2.27. The zero-order valence-corrected chi connectivity index (χ0v) is 12.6. The summed E-state index contributed by atoms with van der Waals surface area (Å²) in [4.78, 5) is 27.1. The van der Waals surface area contributed by atoms with Crippen LogP contribution in [0.25, 0.3) is 0 Å². The molecule has 0 saturated carbocycles. The van der Waals surface area contributed by atoms with Gasteiger partial charge in [0.25, 0.3) is 5.91 Å². The smallest absolute Gasteiger partial charge is 0.367 e. The van der Waals surface area contributed by atoms with Crippen LogP contribution < -0.4 is 5.32 Å². The summed E-state index contributed by atoms with van der Waals surface area (Å²) in [5.41, 5.74) is 0.228. The molecule has 0 aliphatic rings. The number of nitrogens with one attached hydrogen (secondary N) is 1. The zero-order chi connectivity index (χ0) is 14.8. The molecule has 20 heavy (non-hydrogen) atoms. The molecule has 0 fully saturated rings. The molecule has 1 amide bonds. The third-order valence-corrected chi connectivity index (χ3v) is 3.18. The summed E-state index contributed by atoms with van der Waals surface area (Å²) in [5.74, 6) is -0.810. The van der Waals surface area contributed by atoms with E-state index in [9.17, 15) is 9.59 Å². The fourth-order valence-electron chi connectivity index (χ4n) is 1.34. The minimum Gasteiger partial charge on any atom is -0.461 e. The van der Waals surface area contributed by atoms with Crippen molar-refractivity contribution >= 4 is 23.2 Å². The molecular weight excluding hydrogens is 280 g/mol. The van der Waals surface area contributed by atoms with Crippen molar-refractivity contribution in [1.82, 2.24) is 10.3 Å². The highest BCUT2D eigenvalue weighted by atomic mass is 32.1. The van der Waals surface area contributed by atoms with E-state index in [1.54, 1.807) is 12.3 Å². The first kappa shape index (κ1) is 16.6. The summed E-state index contributed by atoms with van der Waals surface area (Å²) in [5, 5.41) is 4.42. The Morgan fingerprint density at radius 2 is 2.15 bits per heavy atom. The van der Waals surface area contributed by atoms with E-state index in [0.29, 0.717) is 19.8 Å². The second-order valence-electron chi connectivity index (χ2n) is 3.98. The molecule has 1 aromatic heterocycles. The van der Waals surface area contributed by atoms with Crippen LogP contribution in [-0.4, -0.2) is 43.2 Å². The summed E-state index contributed by atoms with van der Waals surface area (Å²) in [6, 6.07) is 0. The lowest BCUT2D eigenvalue weighted by atomic mass is 10.4. The molecule has 6 nitrogen and oxygen atoms in total. The Balaban J connectivity index is 2.31. The molecule has 0 aliphatic carbocycles. The molecule has 1 aromatic rings. The Morgan fingerprint density at radius 3 is 2.85 bits per heavy atom. The van der Waals surface area contributed by atoms with Gasteiger partial charge in [-0.1, -0.05) is 13.3 Å². The van der Waals surface area contributed by atoms with Crippen LogP contribution in [-0.2, 0) is 9.47 Å². The van der Waals surface area contributed by atoms with E-state index in [2.05, 4.69) is 17.2 Å². The SMILES string of the molecule is CCCCOCCNC(=O)c1csc(C(=O)OCC)n1. The van der Waals surface area contributed by atoms with Gasteiger partial charge in [-0.15, -0.1) is 11.3 Å². The minimum atomic E-state index is -0.501. The van der Waals surface area contributed by atoms with Crippen LogP contribution in [0.2, 0.25) is 0 Å². The molecule has 0 radical (unpaired) electrons. The van der Waals surface area contributed by atoms with Gasteiger partial charge in [0.1, 0.15) is 5.69 Å². The number of hydrogen-bond donors (Lipinski definition) is 1. The zero-order valence-electron chi connectivity index (χ0n) is 11.8. The maximum absolute atomic E-state index is 11.8. The molecule has 0 aromatic carbocycles. The van der Waals surface area contributed by atoms with E-state index in [-0.39, 0.29) is 23.2 Å². The van der Waals surface area contributed by atoms with Crippen molar-refractivity contribution in [2.45, 2.75) is 26.7 Å². The van der Waals surface area contributed by atoms with Crippen LogP contribution in [0.5, 0.6) is 0 Å². The Labute approximate surface area is 122 Å². The van der Waals surface area contributed by atoms with Gasteiger partial charge in [-0.2, -0.15) is 0 Å². The van der Waals surface area contributed by atoms with E-state index in [4.69, 9.17) is 9.47 Å². The predicted molar refractivity (Wildman–Crippen MR) is 76.1 cm³/mol. The first-order valence-electron chi connectivity index (χ1n) is 6.67. The summed E-state index contributed by atoms with van der Waals surface area (Å²) in [6.07, 6.45) is 2.10. The number of carbonyl (C=O) groups excluding carboxylic acids is 2. The van der Waals surface area contributed by atoms with Gasteiger partial charge in [-0.3, -0.25) is 4.79 Å². The molecule has 7 heteroatoms. The van der Waals surface area contributed by atoms with Crippen LogP contribution in [0.15, 0.2) is 5.38 Å². The first-order chi connectivity index (χ1) is 9.69. The highest BCUT2D eigenvalue weighted by Gasteiger charge is 2.15. The number of ether oxygens (including phenoxy) is 2. The molecule has 1 rings (SSSR count). The summed E-state index contributed by atoms with van der Waals surface area (Å²) < 4.78 is 10.1. The fraction of sp³-hybridized carbons (Fsp3) is 0.615. The molecule has 1 heterocycles. The van der Waals surface area contributed by atoms with Crippen LogP contribution in [0, 0.1) is 0 Å². The number of esters is 1. The standard InChI is InChI=1S/C13H20N2O4S/c1-3-5-7-18-8-6-14-11(16)10-9-20-12(15-10)13(17)19-4-2/h9H,3-8H2,1-2H3,(H,14,16). The van der Waals surface area contributed by atoms with Crippen LogP contribution in [0.1, 0.15) is 47.0 Å². The maximum Gasteiger partial charge on any atom is 0.367 e. The fourth-order valence-corrected chi connectivity index (χ4v) is 2.03. The third-order valence-electron chi connectivity index (χ3n) is 2.36. The molecule has 0 unspecified atom stereocenters. The van der Waals surface area contributed by atoms with Gasteiger partial charge in [0.05, 0.1) is 13.2 Å². The van der Waals surface area contributed by atoms with E-state index in [1.807, 2.05) is 0 Å². The number of hydrogen-bond acceptors (Lipinski definition) is 6. The highest BCUT2D eigenvalue weighted by molar-refractivity contribution is 7.11. The predicted octanol–water partition coefficient (Wildman–Crippen LogP) is 1.87. The molecule has 0 bridgehead atoms. The Kier molecular flexibility index (Phi) is 7.82. The van der Waals surface area contributed by atoms with Crippen molar-refractivity contribution in [3.05, 3.63) is 16.1 Å². The van der Waals surface area contributed by atoms with Gasteiger partial charge in [0, 0.05) is 18.5 Å². The molecule has 0 spiro atoms. The molecular formula is C13H20N2O4S. The van der Waals surface area contributed by atoms with E-state index < -0.39 is 5.97 Å². The number of unbranched alkanes of at least 4 members (excludes halogenated alkanes) is 1. The minimum absolute atomic E-state index is 0.191. The first-order valence-corrected chi connectivity index (χ1v) is 7.55. The summed E-state index contributed by atoms with van der Waals surface area (Å²) in [7, 11) is 0. The van der Waals surface area contributed by atoms with E-state index in [1.165, 1.54) is 0 Å². The molecule has 0 saturated heterocycles. The monoisotopic (exact) mass is 300 g/mol. The average Bonchev–Trinajstić information content (AvgIpc) is 2.92. The van der Waals surface area contributed by atoms with Gasteiger partial charge >= 0.3 is 5.97 Å². The number of rotatable bonds is 9. The van der Waals surface area contributed by atoms with Crippen molar-refractivity contribution in [2.24, 2.45) is 0 Å². The molecule has 1 N–H and O–H groups in total. The van der Waals surface area contributed by atoms with Crippen molar-refractivity contribution in [1.29, 1.82) is 0 Å². The second-order valence-corrected chi connectivity index (χ2v) is 4.84.